The molecule has 0 nitrogen and oxygen atoms in total. The van der Waals surface area contributed by atoms with Crippen molar-refractivity contribution in [2.24, 2.45) is 17.3 Å². The molecule has 2 rings (SSSR count). The van der Waals surface area contributed by atoms with E-state index in [4.69, 9.17) is 0 Å². The summed E-state index contributed by atoms with van der Waals surface area (Å²) in [6, 6.07) is 0. The maximum Gasteiger partial charge on any atom is -0.0233 e. The van der Waals surface area contributed by atoms with Crippen LogP contribution in [0.5, 0.6) is 0 Å². The van der Waals surface area contributed by atoms with Crippen molar-refractivity contribution in [2.45, 2.75) is 71.6 Å². The molecule has 2 fully saturated rings. The molecule has 0 radical (unpaired) electrons. The quantitative estimate of drug-likeness (QED) is 0.551. The summed E-state index contributed by atoms with van der Waals surface area (Å²) in [7, 11) is 0. The second kappa shape index (κ2) is 5.38. The summed E-state index contributed by atoms with van der Waals surface area (Å²) in [5, 5.41) is 0. The van der Waals surface area contributed by atoms with Crippen LogP contribution in [0.25, 0.3) is 0 Å². The number of rotatable bonds is 2. The van der Waals surface area contributed by atoms with Gasteiger partial charge in [0.15, 0.2) is 0 Å². The van der Waals surface area contributed by atoms with Gasteiger partial charge in [0, 0.05) is 0 Å². The van der Waals surface area contributed by atoms with E-state index in [1.165, 1.54) is 57.8 Å². The van der Waals surface area contributed by atoms with Crippen LogP contribution in [0, 0.1) is 17.3 Å². The maximum atomic E-state index is 2.56. The highest BCUT2D eigenvalue weighted by Crippen LogP contribution is 2.38. The molecular weight excluding hydrogens is 192 g/mol. The Morgan fingerprint density at radius 3 is 1.81 bits per heavy atom. The molecule has 0 heterocycles. The van der Waals surface area contributed by atoms with E-state index in [0.29, 0.717) is 5.41 Å². The lowest BCUT2D eigenvalue weighted by Gasteiger charge is -2.33. The molecule has 0 aromatic carbocycles. The van der Waals surface area contributed by atoms with E-state index in [1.807, 2.05) is 0 Å². The summed E-state index contributed by atoms with van der Waals surface area (Å²) in [5.41, 5.74) is 0.620. The van der Waals surface area contributed by atoms with Crippen LogP contribution in [0.15, 0.2) is 12.2 Å². The number of allylic oxidation sites excluding steroid dienone is 2. The van der Waals surface area contributed by atoms with E-state index in [-0.39, 0.29) is 0 Å². The number of hydrogen-bond acceptors (Lipinski definition) is 0. The highest BCUT2D eigenvalue weighted by Gasteiger charge is 2.25. The van der Waals surface area contributed by atoms with Crippen molar-refractivity contribution >= 4 is 0 Å². The van der Waals surface area contributed by atoms with E-state index in [1.54, 1.807) is 0 Å². The van der Waals surface area contributed by atoms with Gasteiger partial charge in [-0.3, -0.25) is 0 Å². The Bertz CT molecular complexity index is 220. The summed E-state index contributed by atoms with van der Waals surface area (Å²) in [4.78, 5) is 0. The average molecular weight is 220 g/mol. The van der Waals surface area contributed by atoms with Crippen LogP contribution in [0.3, 0.4) is 0 Å². The molecule has 0 aromatic rings. The van der Waals surface area contributed by atoms with E-state index in [2.05, 4.69) is 26.0 Å². The molecule has 0 amide bonds. The molecule has 0 atom stereocenters. The smallest absolute Gasteiger partial charge is 0.0233 e. The summed E-state index contributed by atoms with van der Waals surface area (Å²) in [6.45, 7) is 4.85. The molecule has 0 saturated heterocycles. The molecular formula is C16H28. The van der Waals surface area contributed by atoms with Gasteiger partial charge < -0.3 is 0 Å². The molecule has 0 aliphatic heterocycles. The second-order valence-electron chi connectivity index (χ2n) is 6.78. The highest BCUT2D eigenvalue weighted by atomic mass is 14.3. The van der Waals surface area contributed by atoms with Crippen molar-refractivity contribution in [3.8, 4) is 0 Å². The van der Waals surface area contributed by atoms with Crippen LogP contribution in [0.1, 0.15) is 71.6 Å². The third kappa shape index (κ3) is 3.64. The van der Waals surface area contributed by atoms with Gasteiger partial charge in [0.2, 0.25) is 0 Å². The lowest BCUT2D eigenvalue weighted by Crippen LogP contribution is -2.20. The zero-order chi connectivity index (χ0) is 11.4. The van der Waals surface area contributed by atoms with Gasteiger partial charge in [0.1, 0.15) is 0 Å². The molecule has 0 unspecified atom stereocenters. The average Bonchev–Trinajstić information content (AvgIpc) is 2.29. The van der Waals surface area contributed by atoms with Gasteiger partial charge in [-0.15, -0.1) is 0 Å². The molecule has 2 aliphatic rings. The zero-order valence-electron chi connectivity index (χ0n) is 11.2. The fourth-order valence-corrected chi connectivity index (χ4v) is 3.25. The third-order valence-corrected chi connectivity index (χ3v) is 4.69. The standard InChI is InChI=1S/C16H28/c1-16(2)12-10-15(11-13-16)9-8-14-6-4-3-5-7-14/h8-9,14-15H,3-7,10-13H2,1-2H3/b9-8+. The van der Waals surface area contributed by atoms with Crippen LogP contribution in [0.4, 0.5) is 0 Å². The van der Waals surface area contributed by atoms with Gasteiger partial charge in [-0.2, -0.15) is 0 Å². The van der Waals surface area contributed by atoms with E-state index >= 15 is 0 Å². The van der Waals surface area contributed by atoms with Crippen molar-refractivity contribution < 1.29 is 0 Å². The Kier molecular flexibility index (Phi) is 4.10. The Balaban J connectivity index is 1.75. The topological polar surface area (TPSA) is 0 Å². The molecule has 2 aliphatic carbocycles. The van der Waals surface area contributed by atoms with Gasteiger partial charge in [0.25, 0.3) is 0 Å². The van der Waals surface area contributed by atoms with Gasteiger partial charge in [0.05, 0.1) is 0 Å². The molecule has 0 heteroatoms. The SMILES string of the molecule is CC1(C)CCC(/C=C/C2CCCCC2)CC1. The van der Waals surface area contributed by atoms with Crippen LogP contribution in [0.2, 0.25) is 0 Å². The molecule has 16 heavy (non-hydrogen) atoms. The van der Waals surface area contributed by atoms with Gasteiger partial charge in [-0.05, 0) is 55.8 Å². The van der Waals surface area contributed by atoms with Gasteiger partial charge in [-0.25, -0.2) is 0 Å². The van der Waals surface area contributed by atoms with E-state index in [9.17, 15) is 0 Å². The van der Waals surface area contributed by atoms with Crippen molar-refractivity contribution in [3.63, 3.8) is 0 Å². The predicted octanol–water partition coefficient (Wildman–Crippen LogP) is 5.34. The van der Waals surface area contributed by atoms with Crippen LogP contribution in [-0.2, 0) is 0 Å². The zero-order valence-corrected chi connectivity index (χ0v) is 11.2. The first-order chi connectivity index (χ1) is 7.66. The first-order valence-electron chi connectivity index (χ1n) is 7.34. The maximum absolute atomic E-state index is 2.56. The Hall–Kier alpha value is -0.260. The first-order valence-corrected chi connectivity index (χ1v) is 7.34. The minimum absolute atomic E-state index is 0.620. The van der Waals surface area contributed by atoms with Crippen molar-refractivity contribution in [3.05, 3.63) is 12.2 Å². The normalized spacial score (nSPS) is 28.6. The van der Waals surface area contributed by atoms with Gasteiger partial charge in [-0.1, -0.05) is 45.3 Å². The van der Waals surface area contributed by atoms with Crippen LogP contribution >= 0.6 is 0 Å². The lowest BCUT2D eigenvalue weighted by atomic mass is 9.73. The highest BCUT2D eigenvalue weighted by molar-refractivity contribution is 4.96. The summed E-state index contributed by atoms with van der Waals surface area (Å²) >= 11 is 0. The minimum Gasteiger partial charge on any atom is -0.0851 e. The van der Waals surface area contributed by atoms with E-state index < -0.39 is 0 Å². The monoisotopic (exact) mass is 220 g/mol. The summed E-state index contributed by atoms with van der Waals surface area (Å²) in [6.07, 6.45) is 18.1. The Morgan fingerprint density at radius 1 is 0.750 bits per heavy atom. The van der Waals surface area contributed by atoms with Crippen molar-refractivity contribution in [1.82, 2.24) is 0 Å². The first kappa shape index (κ1) is 12.2. The molecule has 0 aromatic heterocycles. The Morgan fingerprint density at radius 2 is 1.25 bits per heavy atom. The predicted molar refractivity (Wildman–Crippen MR) is 71.5 cm³/mol. The molecule has 0 N–H and O–H groups in total. The largest absolute Gasteiger partial charge is 0.0851 e. The summed E-state index contributed by atoms with van der Waals surface area (Å²) in [5.74, 6) is 1.82. The van der Waals surface area contributed by atoms with Crippen LogP contribution < -0.4 is 0 Å². The van der Waals surface area contributed by atoms with E-state index in [0.717, 1.165) is 11.8 Å². The molecule has 0 spiro atoms. The minimum atomic E-state index is 0.620. The molecule has 0 bridgehead atoms. The third-order valence-electron chi connectivity index (χ3n) is 4.69. The van der Waals surface area contributed by atoms with Crippen LogP contribution in [-0.4, -0.2) is 0 Å². The lowest BCUT2D eigenvalue weighted by molar-refractivity contribution is 0.213. The van der Waals surface area contributed by atoms with Gasteiger partial charge >= 0.3 is 0 Å². The van der Waals surface area contributed by atoms with Crippen molar-refractivity contribution in [2.75, 3.05) is 0 Å². The molecule has 92 valence electrons. The fourth-order valence-electron chi connectivity index (χ4n) is 3.25. The molecule has 2 saturated carbocycles. The second-order valence-corrected chi connectivity index (χ2v) is 6.78. The Labute approximate surface area is 102 Å². The van der Waals surface area contributed by atoms with Crippen molar-refractivity contribution in [1.29, 1.82) is 0 Å². The fraction of sp³-hybridized carbons (Fsp3) is 0.875. The number of hydrogen-bond donors (Lipinski definition) is 0. The summed E-state index contributed by atoms with van der Waals surface area (Å²) < 4.78 is 0.